The van der Waals surface area contributed by atoms with Crippen molar-refractivity contribution >= 4 is 21.9 Å². The Bertz CT molecular complexity index is 531. The molecule has 0 aliphatic heterocycles. The Morgan fingerprint density at radius 1 is 1.35 bits per heavy atom. The molecule has 0 aliphatic carbocycles. The van der Waals surface area contributed by atoms with Crippen LogP contribution < -0.4 is 10.1 Å². The lowest BCUT2D eigenvalue weighted by molar-refractivity contribution is 0.458. The molecule has 88 valence electrons. The number of aryl methyl sites for hydroxylation is 1. The molecule has 1 aromatic heterocycles. The topological polar surface area (TPSA) is 47.0 Å². The molecule has 2 rings (SSSR count). The second-order valence-electron chi connectivity index (χ2n) is 3.49. The fourth-order valence-corrected chi connectivity index (χ4v) is 1.67. The van der Waals surface area contributed by atoms with Crippen molar-refractivity contribution in [3.63, 3.8) is 0 Å². The summed E-state index contributed by atoms with van der Waals surface area (Å²) in [6.07, 6.45) is 1.73. The van der Waals surface area contributed by atoms with Gasteiger partial charge in [0.25, 0.3) is 0 Å². The molecule has 1 N–H and O–H groups in total. The van der Waals surface area contributed by atoms with E-state index in [1.54, 1.807) is 13.2 Å². The maximum absolute atomic E-state index is 5.71. The zero-order chi connectivity index (χ0) is 12.3. The maximum Gasteiger partial charge on any atom is 0.226 e. The summed E-state index contributed by atoms with van der Waals surface area (Å²) >= 11 is 3.40. The van der Waals surface area contributed by atoms with Crippen molar-refractivity contribution in [2.75, 3.05) is 12.4 Å². The fraction of sp³-hybridized carbons (Fsp3) is 0.167. The van der Waals surface area contributed by atoms with Gasteiger partial charge in [0, 0.05) is 23.3 Å². The van der Waals surface area contributed by atoms with Gasteiger partial charge in [-0.15, -0.1) is 0 Å². The maximum atomic E-state index is 5.71. The van der Waals surface area contributed by atoms with E-state index in [2.05, 4.69) is 31.2 Å². The molecule has 0 fully saturated rings. The molecule has 5 heteroatoms. The van der Waals surface area contributed by atoms with Gasteiger partial charge in [-0.2, -0.15) is 4.98 Å². The minimum Gasteiger partial charge on any atom is -0.439 e. The Hall–Kier alpha value is -1.62. The first-order valence-electron chi connectivity index (χ1n) is 5.14. The summed E-state index contributed by atoms with van der Waals surface area (Å²) in [5.41, 5.74) is 0.893. The number of nitrogens with zero attached hydrogens (tertiary/aromatic N) is 2. The van der Waals surface area contributed by atoms with Gasteiger partial charge in [-0.1, -0.05) is 22.0 Å². The molecule has 0 unspecified atom stereocenters. The summed E-state index contributed by atoms with van der Waals surface area (Å²) in [7, 11) is 1.77. The van der Waals surface area contributed by atoms with Gasteiger partial charge >= 0.3 is 0 Å². The van der Waals surface area contributed by atoms with E-state index in [-0.39, 0.29) is 0 Å². The summed E-state index contributed by atoms with van der Waals surface area (Å²) in [5.74, 6) is 1.84. The number of nitrogens with one attached hydrogen (secondary N) is 1. The van der Waals surface area contributed by atoms with Gasteiger partial charge in [0.1, 0.15) is 5.75 Å². The van der Waals surface area contributed by atoms with Crippen molar-refractivity contribution in [2.45, 2.75) is 6.92 Å². The largest absolute Gasteiger partial charge is 0.439 e. The average molecular weight is 294 g/mol. The number of benzene rings is 1. The zero-order valence-electron chi connectivity index (χ0n) is 9.57. The van der Waals surface area contributed by atoms with E-state index in [1.165, 1.54) is 0 Å². The van der Waals surface area contributed by atoms with Crippen molar-refractivity contribution in [3.05, 3.63) is 40.5 Å². The van der Waals surface area contributed by atoms with Crippen LogP contribution in [-0.4, -0.2) is 17.0 Å². The number of aromatic nitrogens is 2. The Morgan fingerprint density at radius 3 is 2.88 bits per heavy atom. The first-order chi connectivity index (χ1) is 8.19. The molecule has 1 heterocycles. The second kappa shape index (κ2) is 5.14. The number of anilines is 1. The highest BCUT2D eigenvalue weighted by Gasteiger charge is 2.05. The molecule has 0 saturated heterocycles. The van der Waals surface area contributed by atoms with Gasteiger partial charge in [-0.3, -0.25) is 0 Å². The first kappa shape index (κ1) is 11.9. The predicted molar refractivity (Wildman–Crippen MR) is 70.5 cm³/mol. The van der Waals surface area contributed by atoms with Crippen LogP contribution in [-0.2, 0) is 0 Å². The van der Waals surface area contributed by atoms with E-state index >= 15 is 0 Å². The van der Waals surface area contributed by atoms with Crippen LogP contribution in [0.1, 0.15) is 5.56 Å². The highest BCUT2D eigenvalue weighted by molar-refractivity contribution is 9.10. The van der Waals surface area contributed by atoms with Crippen molar-refractivity contribution in [3.8, 4) is 11.6 Å². The van der Waals surface area contributed by atoms with Crippen molar-refractivity contribution < 1.29 is 4.74 Å². The van der Waals surface area contributed by atoms with Crippen molar-refractivity contribution in [1.29, 1.82) is 0 Å². The SMILES string of the molecule is CNc1ncc(C)c(Oc2cccc(Br)c2)n1. The van der Waals surface area contributed by atoms with Crippen LogP contribution in [0.4, 0.5) is 5.95 Å². The third kappa shape index (κ3) is 2.94. The minimum atomic E-state index is 0.542. The van der Waals surface area contributed by atoms with Gasteiger partial charge in [0.2, 0.25) is 11.8 Å². The Balaban J connectivity index is 2.29. The molecule has 0 saturated carbocycles. The molecule has 0 spiro atoms. The molecule has 2 aromatic rings. The van der Waals surface area contributed by atoms with Crippen LogP contribution in [0.2, 0.25) is 0 Å². The molecular formula is C12H12BrN3O. The van der Waals surface area contributed by atoms with Gasteiger partial charge in [-0.25, -0.2) is 4.98 Å². The van der Waals surface area contributed by atoms with E-state index < -0.39 is 0 Å². The predicted octanol–water partition coefficient (Wildman–Crippen LogP) is 3.38. The minimum absolute atomic E-state index is 0.542. The monoisotopic (exact) mass is 293 g/mol. The summed E-state index contributed by atoms with van der Waals surface area (Å²) in [6.45, 7) is 1.91. The summed E-state index contributed by atoms with van der Waals surface area (Å²) < 4.78 is 6.68. The summed E-state index contributed by atoms with van der Waals surface area (Å²) in [5, 5.41) is 2.88. The smallest absolute Gasteiger partial charge is 0.226 e. The van der Waals surface area contributed by atoms with Crippen LogP contribution in [0.5, 0.6) is 11.6 Å². The van der Waals surface area contributed by atoms with Gasteiger partial charge in [-0.05, 0) is 25.1 Å². The third-order valence-corrected chi connectivity index (χ3v) is 2.65. The molecule has 0 aliphatic rings. The Labute approximate surface area is 108 Å². The van der Waals surface area contributed by atoms with Gasteiger partial charge in [0.05, 0.1) is 0 Å². The number of rotatable bonds is 3. The molecule has 0 amide bonds. The van der Waals surface area contributed by atoms with Crippen LogP contribution in [0.25, 0.3) is 0 Å². The molecular weight excluding hydrogens is 282 g/mol. The molecule has 0 bridgehead atoms. The highest BCUT2D eigenvalue weighted by atomic mass is 79.9. The summed E-state index contributed by atoms with van der Waals surface area (Å²) in [4.78, 5) is 8.36. The fourth-order valence-electron chi connectivity index (χ4n) is 1.29. The molecule has 0 radical (unpaired) electrons. The van der Waals surface area contributed by atoms with E-state index in [1.807, 2.05) is 31.2 Å². The van der Waals surface area contributed by atoms with Crippen LogP contribution in [0.15, 0.2) is 34.9 Å². The van der Waals surface area contributed by atoms with Crippen LogP contribution in [0, 0.1) is 6.92 Å². The lowest BCUT2D eigenvalue weighted by Crippen LogP contribution is -1.99. The molecule has 0 atom stereocenters. The highest BCUT2D eigenvalue weighted by Crippen LogP contribution is 2.25. The Kier molecular flexibility index (Phi) is 3.58. The number of ether oxygens (including phenoxy) is 1. The zero-order valence-corrected chi connectivity index (χ0v) is 11.2. The average Bonchev–Trinajstić information content (AvgIpc) is 2.32. The molecule has 1 aromatic carbocycles. The van der Waals surface area contributed by atoms with Gasteiger partial charge in [0.15, 0.2) is 0 Å². The van der Waals surface area contributed by atoms with E-state index in [4.69, 9.17) is 4.74 Å². The standard InChI is InChI=1S/C12H12BrN3O/c1-8-7-15-12(14-2)16-11(8)17-10-5-3-4-9(13)6-10/h3-7H,1-2H3,(H,14,15,16). The lowest BCUT2D eigenvalue weighted by atomic mass is 10.3. The van der Waals surface area contributed by atoms with Crippen LogP contribution in [0.3, 0.4) is 0 Å². The van der Waals surface area contributed by atoms with Gasteiger partial charge < -0.3 is 10.1 Å². The van der Waals surface area contributed by atoms with E-state index in [0.29, 0.717) is 11.8 Å². The van der Waals surface area contributed by atoms with E-state index in [9.17, 15) is 0 Å². The number of hydrogen-bond donors (Lipinski definition) is 1. The summed E-state index contributed by atoms with van der Waals surface area (Å²) in [6, 6.07) is 7.62. The number of halogens is 1. The second-order valence-corrected chi connectivity index (χ2v) is 4.41. The number of hydrogen-bond acceptors (Lipinski definition) is 4. The van der Waals surface area contributed by atoms with Crippen molar-refractivity contribution in [2.24, 2.45) is 0 Å². The Morgan fingerprint density at radius 2 is 2.18 bits per heavy atom. The lowest BCUT2D eigenvalue weighted by Gasteiger charge is -2.08. The normalized spacial score (nSPS) is 10.1. The van der Waals surface area contributed by atoms with Crippen molar-refractivity contribution in [1.82, 2.24) is 9.97 Å². The first-order valence-corrected chi connectivity index (χ1v) is 5.93. The third-order valence-electron chi connectivity index (χ3n) is 2.16. The molecule has 17 heavy (non-hydrogen) atoms. The van der Waals surface area contributed by atoms with E-state index in [0.717, 1.165) is 15.8 Å². The quantitative estimate of drug-likeness (QED) is 0.942. The van der Waals surface area contributed by atoms with Crippen LogP contribution >= 0.6 is 15.9 Å². The molecule has 4 nitrogen and oxygen atoms in total.